The monoisotopic (exact) mass is 165 g/mol. The van der Waals surface area contributed by atoms with Gasteiger partial charge >= 0.3 is 0 Å². The first-order valence-electron chi connectivity index (χ1n) is 3.92. The molecule has 2 rings (SSSR count). The molecule has 64 valence electrons. The van der Waals surface area contributed by atoms with Crippen LogP contribution in [0.1, 0.15) is 6.42 Å². The molecular weight excluding hydrogens is 154 g/mol. The number of fused-ring (bicyclic) bond motifs is 1. The van der Waals surface area contributed by atoms with Gasteiger partial charge in [-0.3, -0.25) is 0 Å². The predicted molar refractivity (Wildman–Crippen MR) is 45.1 cm³/mol. The molecule has 3 nitrogen and oxygen atoms in total. The molecule has 2 N–H and O–H groups in total. The van der Waals surface area contributed by atoms with Crippen LogP contribution in [0, 0.1) is 5.92 Å². The summed E-state index contributed by atoms with van der Waals surface area (Å²) in [6.07, 6.45) is 6.42. The largest absolute Gasteiger partial charge is 0.504 e. The molecule has 1 heterocycles. The number of hydrogen-bond acceptors (Lipinski definition) is 3. The van der Waals surface area contributed by atoms with Crippen LogP contribution in [0.15, 0.2) is 35.6 Å². The second-order valence-corrected chi connectivity index (χ2v) is 2.93. The third-order valence-electron chi connectivity index (χ3n) is 2.21. The highest BCUT2D eigenvalue weighted by atomic mass is 16.5. The SMILES string of the molecule is COC1=C(O)C=C2NC=CC2C1. The molecule has 0 saturated carbocycles. The van der Waals surface area contributed by atoms with Crippen LogP contribution in [0.5, 0.6) is 0 Å². The Morgan fingerprint density at radius 2 is 2.50 bits per heavy atom. The lowest BCUT2D eigenvalue weighted by Crippen LogP contribution is -2.13. The normalized spacial score (nSPS) is 26.4. The standard InChI is InChI=1S/C9H11NO2/c1-12-9-4-6-2-3-10-7(6)5-8(9)11/h2-3,5-6,10-11H,4H2,1H3. The zero-order valence-corrected chi connectivity index (χ0v) is 6.87. The summed E-state index contributed by atoms with van der Waals surface area (Å²) in [6, 6.07) is 0. The molecule has 12 heavy (non-hydrogen) atoms. The number of nitrogens with one attached hydrogen (secondary N) is 1. The second kappa shape index (κ2) is 2.59. The topological polar surface area (TPSA) is 41.5 Å². The maximum absolute atomic E-state index is 9.43. The summed E-state index contributed by atoms with van der Waals surface area (Å²) in [4.78, 5) is 0. The van der Waals surface area contributed by atoms with E-state index in [1.807, 2.05) is 6.20 Å². The Morgan fingerprint density at radius 3 is 3.25 bits per heavy atom. The molecule has 1 unspecified atom stereocenters. The van der Waals surface area contributed by atoms with Crippen molar-refractivity contribution < 1.29 is 9.84 Å². The van der Waals surface area contributed by atoms with E-state index in [0.717, 1.165) is 12.1 Å². The fourth-order valence-electron chi connectivity index (χ4n) is 1.52. The lowest BCUT2D eigenvalue weighted by molar-refractivity contribution is 0.236. The average molecular weight is 165 g/mol. The Kier molecular flexibility index (Phi) is 1.57. The molecule has 0 radical (unpaired) electrons. The number of rotatable bonds is 1. The zero-order chi connectivity index (χ0) is 8.55. The van der Waals surface area contributed by atoms with Crippen LogP contribution in [0.2, 0.25) is 0 Å². The average Bonchev–Trinajstić information content (AvgIpc) is 2.49. The molecular formula is C9H11NO2. The van der Waals surface area contributed by atoms with Gasteiger partial charge in [0, 0.05) is 24.1 Å². The van der Waals surface area contributed by atoms with Gasteiger partial charge in [-0.05, 0) is 6.20 Å². The molecule has 2 aliphatic rings. The number of hydrogen-bond donors (Lipinski definition) is 2. The van der Waals surface area contributed by atoms with Gasteiger partial charge in [-0.2, -0.15) is 0 Å². The third-order valence-corrected chi connectivity index (χ3v) is 2.21. The summed E-state index contributed by atoms with van der Waals surface area (Å²) in [6.45, 7) is 0. The molecule has 1 aliphatic heterocycles. The summed E-state index contributed by atoms with van der Waals surface area (Å²) >= 11 is 0. The van der Waals surface area contributed by atoms with Crippen molar-refractivity contribution in [3.63, 3.8) is 0 Å². The van der Waals surface area contributed by atoms with Crippen LogP contribution in [-0.4, -0.2) is 12.2 Å². The van der Waals surface area contributed by atoms with Crippen molar-refractivity contribution in [1.82, 2.24) is 5.32 Å². The molecule has 0 bridgehead atoms. The van der Waals surface area contributed by atoms with Crippen molar-refractivity contribution in [3.05, 3.63) is 35.6 Å². The lowest BCUT2D eigenvalue weighted by Gasteiger charge is -2.18. The molecule has 0 fully saturated rings. The van der Waals surface area contributed by atoms with Crippen molar-refractivity contribution in [2.45, 2.75) is 6.42 Å². The van der Waals surface area contributed by atoms with Crippen LogP contribution < -0.4 is 5.32 Å². The van der Waals surface area contributed by atoms with E-state index in [4.69, 9.17) is 4.74 Å². The first-order chi connectivity index (χ1) is 5.81. The molecule has 1 atom stereocenters. The van der Waals surface area contributed by atoms with Crippen LogP contribution in [-0.2, 0) is 4.74 Å². The summed E-state index contributed by atoms with van der Waals surface area (Å²) in [5.41, 5.74) is 1.05. The molecule has 3 heteroatoms. The van der Waals surface area contributed by atoms with Gasteiger partial charge in [0.1, 0.15) is 5.76 Å². The van der Waals surface area contributed by atoms with Crippen molar-refractivity contribution >= 4 is 0 Å². The molecule has 1 aliphatic carbocycles. The van der Waals surface area contributed by atoms with Crippen LogP contribution >= 0.6 is 0 Å². The van der Waals surface area contributed by atoms with Gasteiger partial charge in [0.25, 0.3) is 0 Å². The molecule has 0 aromatic heterocycles. The van der Waals surface area contributed by atoms with E-state index >= 15 is 0 Å². The van der Waals surface area contributed by atoms with E-state index in [1.54, 1.807) is 13.2 Å². The van der Waals surface area contributed by atoms with E-state index in [1.165, 1.54) is 0 Å². The highest BCUT2D eigenvalue weighted by Crippen LogP contribution is 2.30. The Balaban J connectivity index is 2.29. The minimum Gasteiger partial charge on any atom is -0.504 e. The van der Waals surface area contributed by atoms with E-state index < -0.39 is 0 Å². The maximum atomic E-state index is 9.43. The molecule has 0 amide bonds. The highest BCUT2D eigenvalue weighted by Gasteiger charge is 2.24. The van der Waals surface area contributed by atoms with Crippen molar-refractivity contribution in [3.8, 4) is 0 Å². The fraction of sp³-hybridized carbons (Fsp3) is 0.333. The quantitative estimate of drug-likeness (QED) is 0.617. The Hall–Kier alpha value is -1.38. The summed E-state index contributed by atoms with van der Waals surface area (Å²) in [5, 5.41) is 12.5. The third kappa shape index (κ3) is 0.978. The first-order valence-corrected chi connectivity index (χ1v) is 3.92. The van der Waals surface area contributed by atoms with E-state index in [2.05, 4.69) is 11.4 Å². The van der Waals surface area contributed by atoms with E-state index in [-0.39, 0.29) is 5.76 Å². The fourth-order valence-corrected chi connectivity index (χ4v) is 1.52. The van der Waals surface area contributed by atoms with Gasteiger partial charge in [-0.25, -0.2) is 0 Å². The summed E-state index contributed by atoms with van der Waals surface area (Å²) in [7, 11) is 1.58. The summed E-state index contributed by atoms with van der Waals surface area (Å²) < 4.78 is 5.03. The smallest absolute Gasteiger partial charge is 0.155 e. The zero-order valence-electron chi connectivity index (χ0n) is 6.87. The van der Waals surface area contributed by atoms with E-state index in [0.29, 0.717) is 11.7 Å². The molecule has 0 aromatic rings. The predicted octanol–water partition coefficient (Wildman–Crippen LogP) is 1.42. The number of aliphatic hydroxyl groups excluding tert-OH is 1. The lowest BCUT2D eigenvalue weighted by atomic mass is 9.97. The van der Waals surface area contributed by atoms with Crippen molar-refractivity contribution in [2.75, 3.05) is 7.11 Å². The van der Waals surface area contributed by atoms with Gasteiger partial charge < -0.3 is 15.2 Å². The minimum atomic E-state index is 0.236. The molecule has 0 saturated heterocycles. The number of methoxy groups -OCH3 is 1. The Labute approximate surface area is 71.0 Å². The van der Waals surface area contributed by atoms with Gasteiger partial charge in [-0.15, -0.1) is 0 Å². The number of allylic oxidation sites excluding steroid dienone is 3. The van der Waals surface area contributed by atoms with Crippen LogP contribution in [0.25, 0.3) is 0 Å². The highest BCUT2D eigenvalue weighted by molar-refractivity contribution is 5.33. The van der Waals surface area contributed by atoms with Gasteiger partial charge in [0.2, 0.25) is 0 Å². The van der Waals surface area contributed by atoms with Crippen LogP contribution in [0.3, 0.4) is 0 Å². The van der Waals surface area contributed by atoms with Gasteiger partial charge in [0.15, 0.2) is 5.76 Å². The van der Waals surface area contributed by atoms with Gasteiger partial charge in [-0.1, -0.05) is 6.08 Å². The Bertz CT molecular complexity index is 289. The Morgan fingerprint density at radius 1 is 1.67 bits per heavy atom. The summed E-state index contributed by atoms with van der Waals surface area (Å²) in [5.74, 6) is 1.26. The first kappa shape index (κ1) is 7.28. The molecule has 0 spiro atoms. The van der Waals surface area contributed by atoms with Crippen molar-refractivity contribution in [1.29, 1.82) is 0 Å². The maximum Gasteiger partial charge on any atom is 0.155 e. The minimum absolute atomic E-state index is 0.236. The number of ether oxygens (including phenoxy) is 1. The van der Waals surface area contributed by atoms with Crippen LogP contribution in [0.4, 0.5) is 0 Å². The number of aliphatic hydroxyl groups is 1. The van der Waals surface area contributed by atoms with Crippen molar-refractivity contribution in [2.24, 2.45) is 5.92 Å². The molecule has 0 aromatic carbocycles. The van der Waals surface area contributed by atoms with E-state index in [9.17, 15) is 5.11 Å². The second-order valence-electron chi connectivity index (χ2n) is 2.93. The van der Waals surface area contributed by atoms with Gasteiger partial charge in [0.05, 0.1) is 7.11 Å².